The summed E-state index contributed by atoms with van der Waals surface area (Å²) in [5.74, 6) is 0.797. The summed E-state index contributed by atoms with van der Waals surface area (Å²) in [6.07, 6.45) is -0.461. The fourth-order valence-electron chi connectivity index (χ4n) is 3.29. The van der Waals surface area contributed by atoms with Crippen molar-refractivity contribution in [2.75, 3.05) is 20.2 Å². The Morgan fingerprint density at radius 2 is 2.14 bits per heavy atom. The van der Waals surface area contributed by atoms with Gasteiger partial charge in [-0.15, -0.1) is 0 Å². The molecule has 1 fully saturated rings. The molecular formula is C22H21FN2O3. The second-order valence-electron chi connectivity index (χ2n) is 6.51. The Kier molecular flexibility index (Phi) is 5.95. The van der Waals surface area contributed by atoms with Gasteiger partial charge < -0.3 is 14.4 Å². The summed E-state index contributed by atoms with van der Waals surface area (Å²) in [6, 6.07) is 14.7. The van der Waals surface area contributed by atoms with Gasteiger partial charge in [-0.1, -0.05) is 24.8 Å². The highest BCUT2D eigenvalue weighted by Gasteiger charge is 2.32. The van der Waals surface area contributed by atoms with Gasteiger partial charge in [0.2, 0.25) is 5.91 Å². The van der Waals surface area contributed by atoms with Crippen LogP contribution < -0.4 is 9.47 Å². The molecule has 0 radical (unpaired) electrons. The molecule has 2 aromatic carbocycles. The Morgan fingerprint density at radius 3 is 2.82 bits per heavy atom. The first-order valence-electron chi connectivity index (χ1n) is 8.96. The number of nitrogens with zero attached hydrogens (tertiary/aromatic N) is 2. The maximum Gasteiger partial charge on any atom is 0.246 e. The molecule has 0 N–H and O–H groups in total. The van der Waals surface area contributed by atoms with Crippen LogP contribution in [0, 0.1) is 11.3 Å². The second kappa shape index (κ2) is 8.57. The number of likely N-dealkylation sites (tertiary alicyclic amines) is 1. The number of hydrogen-bond acceptors (Lipinski definition) is 4. The lowest BCUT2D eigenvalue weighted by Crippen LogP contribution is -2.48. The quantitative estimate of drug-likeness (QED) is 0.742. The largest absolute Gasteiger partial charge is 0.496 e. The number of nitriles is 1. The number of benzene rings is 2. The van der Waals surface area contributed by atoms with Gasteiger partial charge >= 0.3 is 0 Å². The highest BCUT2D eigenvalue weighted by atomic mass is 19.1. The summed E-state index contributed by atoms with van der Waals surface area (Å²) in [5.41, 5.74) is 1.98. The van der Waals surface area contributed by atoms with E-state index in [0.29, 0.717) is 30.0 Å². The van der Waals surface area contributed by atoms with Gasteiger partial charge in [0.15, 0.2) is 6.17 Å². The molecule has 0 aliphatic carbocycles. The molecule has 0 unspecified atom stereocenters. The van der Waals surface area contributed by atoms with E-state index in [0.717, 1.165) is 11.1 Å². The highest BCUT2D eigenvalue weighted by Crippen LogP contribution is 2.33. The van der Waals surface area contributed by atoms with Crippen molar-refractivity contribution >= 4 is 5.91 Å². The highest BCUT2D eigenvalue weighted by molar-refractivity contribution is 5.87. The van der Waals surface area contributed by atoms with E-state index in [1.165, 1.54) is 11.0 Å². The third-order valence-corrected chi connectivity index (χ3v) is 4.71. The van der Waals surface area contributed by atoms with Crippen molar-refractivity contribution < 1.29 is 18.7 Å². The number of amides is 1. The third kappa shape index (κ3) is 4.15. The van der Waals surface area contributed by atoms with Crippen LogP contribution in [0.1, 0.15) is 12.0 Å². The zero-order valence-corrected chi connectivity index (χ0v) is 15.6. The van der Waals surface area contributed by atoms with Gasteiger partial charge in [0, 0.05) is 18.5 Å². The maximum absolute atomic E-state index is 14.6. The number of para-hydroxylation sites is 1. The van der Waals surface area contributed by atoms with Crippen LogP contribution >= 0.6 is 0 Å². The van der Waals surface area contributed by atoms with Gasteiger partial charge in [-0.3, -0.25) is 4.79 Å². The van der Waals surface area contributed by atoms with E-state index in [9.17, 15) is 14.4 Å². The number of rotatable bonds is 5. The zero-order valence-electron chi connectivity index (χ0n) is 15.6. The Balaban J connectivity index is 1.84. The van der Waals surface area contributed by atoms with Crippen molar-refractivity contribution in [3.05, 3.63) is 60.7 Å². The van der Waals surface area contributed by atoms with Crippen LogP contribution in [0.5, 0.6) is 11.5 Å². The topological polar surface area (TPSA) is 62.6 Å². The zero-order chi connectivity index (χ0) is 20.1. The van der Waals surface area contributed by atoms with Crippen LogP contribution in [0.15, 0.2) is 55.1 Å². The first-order valence-corrected chi connectivity index (χ1v) is 8.96. The molecule has 0 spiro atoms. The van der Waals surface area contributed by atoms with Crippen molar-refractivity contribution in [3.8, 4) is 28.7 Å². The van der Waals surface area contributed by atoms with Crippen molar-refractivity contribution in [1.29, 1.82) is 5.26 Å². The van der Waals surface area contributed by atoms with Gasteiger partial charge in [0.25, 0.3) is 0 Å². The number of halogens is 1. The Bertz CT molecular complexity index is 922. The monoisotopic (exact) mass is 380 g/mol. The summed E-state index contributed by atoms with van der Waals surface area (Å²) < 4.78 is 25.8. The normalized spacial score (nSPS) is 18.8. The van der Waals surface area contributed by atoms with E-state index < -0.39 is 12.3 Å². The molecule has 28 heavy (non-hydrogen) atoms. The van der Waals surface area contributed by atoms with Crippen molar-refractivity contribution in [2.45, 2.75) is 18.7 Å². The van der Waals surface area contributed by atoms with Gasteiger partial charge in [-0.05, 0) is 35.9 Å². The van der Waals surface area contributed by atoms with Crippen LogP contribution in [0.2, 0.25) is 0 Å². The number of carbonyl (C=O) groups excluding carboxylic acids is 1. The average Bonchev–Trinajstić information content (AvgIpc) is 2.74. The Morgan fingerprint density at radius 1 is 1.36 bits per heavy atom. The van der Waals surface area contributed by atoms with E-state index in [1.54, 1.807) is 25.3 Å². The van der Waals surface area contributed by atoms with Crippen LogP contribution in [0.4, 0.5) is 4.39 Å². The molecule has 1 aliphatic rings. The van der Waals surface area contributed by atoms with Gasteiger partial charge in [0.1, 0.15) is 17.6 Å². The van der Waals surface area contributed by atoms with Gasteiger partial charge in [-0.25, -0.2) is 4.39 Å². The molecule has 2 aromatic rings. The lowest BCUT2D eigenvalue weighted by Gasteiger charge is -2.34. The van der Waals surface area contributed by atoms with Crippen LogP contribution in [0.3, 0.4) is 0 Å². The molecule has 0 aromatic heterocycles. The number of ether oxygens (including phenoxy) is 2. The Labute approximate surface area is 163 Å². The molecule has 2 atom stereocenters. The van der Waals surface area contributed by atoms with E-state index in [4.69, 9.17) is 9.47 Å². The molecular weight excluding hydrogens is 359 g/mol. The lowest BCUT2D eigenvalue weighted by atomic mass is 10.0. The molecule has 0 saturated carbocycles. The first kappa shape index (κ1) is 19.4. The summed E-state index contributed by atoms with van der Waals surface area (Å²) in [7, 11) is 1.58. The molecule has 6 heteroatoms. The smallest absolute Gasteiger partial charge is 0.246 e. The molecule has 3 rings (SSSR count). The van der Waals surface area contributed by atoms with Crippen molar-refractivity contribution in [1.82, 2.24) is 4.90 Å². The summed E-state index contributed by atoms with van der Waals surface area (Å²) >= 11 is 0. The lowest BCUT2D eigenvalue weighted by molar-refractivity contribution is -0.129. The fraction of sp³-hybridized carbons (Fsp3) is 0.273. The standard InChI is InChI=1S/C22H21FN2O3/c1-3-22(26)25-9-8-21(19(23)14-25)28-17-11-15(13-24)10-16(12-17)18-6-4-5-7-20(18)27-2/h3-7,10-12,19,21H,1,8-9,14H2,2H3/t19-,21-/m0/s1. The Hall–Kier alpha value is -3.33. The number of hydrogen-bond donors (Lipinski definition) is 0. The predicted molar refractivity (Wildman–Crippen MR) is 104 cm³/mol. The minimum Gasteiger partial charge on any atom is -0.496 e. The minimum atomic E-state index is -1.32. The molecule has 1 saturated heterocycles. The van der Waals surface area contributed by atoms with Crippen LogP contribution in [0.25, 0.3) is 11.1 Å². The van der Waals surface area contributed by atoms with Gasteiger partial charge in [0.05, 0.1) is 25.3 Å². The van der Waals surface area contributed by atoms with Crippen LogP contribution in [-0.2, 0) is 4.79 Å². The van der Waals surface area contributed by atoms with Crippen molar-refractivity contribution in [3.63, 3.8) is 0 Å². The summed E-state index contributed by atoms with van der Waals surface area (Å²) in [4.78, 5) is 13.1. The van der Waals surface area contributed by atoms with E-state index in [1.807, 2.05) is 24.3 Å². The number of methoxy groups -OCH3 is 1. The molecule has 5 nitrogen and oxygen atoms in total. The van der Waals surface area contributed by atoms with Crippen molar-refractivity contribution in [2.24, 2.45) is 0 Å². The average molecular weight is 380 g/mol. The molecule has 1 amide bonds. The number of carbonyl (C=O) groups is 1. The third-order valence-electron chi connectivity index (χ3n) is 4.71. The first-order chi connectivity index (χ1) is 13.5. The summed E-state index contributed by atoms with van der Waals surface area (Å²) in [5, 5.41) is 9.38. The maximum atomic E-state index is 14.6. The molecule has 0 bridgehead atoms. The van der Waals surface area contributed by atoms with Gasteiger partial charge in [-0.2, -0.15) is 5.26 Å². The fourth-order valence-corrected chi connectivity index (χ4v) is 3.29. The molecule has 1 aliphatic heterocycles. The minimum absolute atomic E-state index is 0.0349. The molecule has 1 heterocycles. The predicted octanol–water partition coefficient (Wildman–Crippen LogP) is 3.74. The van der Waals surface area contributed by atoms with E-state index >= 15 is 0 Å². The number of piperidine rings is 1. The van der Waals surface area contributed by atoms with E-state index in [-0.39, 0.29) is 12.5 Å². The number of alkyl halides is 1. The molecule has 144 valence electrons. The second-order valence-corrected chi connectivity index (χ2v) is 6.51. The van der Waals surface area contributed by atoms with E-state index in [2.05, 4.69) is 12.6 Å². The van der Waals surface area contributed by atoms with Crippen LogP contribution in [-0.4, -0.2) is 43.3 Å². The summed E-state index contributed by atoms with van der Waals surface area (Å²) in [6.45, 7) is 3.79. The SMILES string of the molecule is C=CC(=O)N1CC[C@H](Oc2cc(C#N)cc(-c3ccccc3OC)c2)[C@@H](F)C1.